The van der Waals surface area contributed by atoms with Gasteiger partial charge in [-0.3, -0.25) is 4.40 Å². The Hall–Kier alpha value is -2.64. The summed E-state index contributed by atoms with van der Waals surface area (Å²) in [6.07, 6.45) is 5.73. The summed E-state index contributed by atoms with van der Waals surface area (Å²) in [6, 6.07) is 1.99. The highest BCUT2D eigenvalue weighted by atomic mass is 16.6. The van der Waals surface area contributed by atoms with Gasteiger partial charge in [0.05, 0.1) is 11.7 Å². The van der Waals surface area contributed by atoms with E-state index in [1.54, 1.807) is 6.20 Å². The van der Waals surface area contributed by atoms with Gasteiger partial charge in [0.25, 0.3) is 0 Å². The van der Waals surface area contributed by atoms with Crippen molar-refractivity contribution in [3.63, 3.8) is 0 Å². The molecule has 27 heavy (non-hydrogen) atoms. The van der Waals surface area contributed by atoms with E-state index in [0.717, 1.165) is 41.9 Å². The second kappa shape index (κ2) is 6.51. The highest BCUT2D eigenvalue weighted by molar-refractivity contribution is 5.74. The van der Waals surface area contributed by atoms with E-state index in [-0.39, 0.29) is 23.7 Å². The molecule has 0 bridgehead atoms. The van der Waals surface area contributed by atoms with Crippen LogP contribution >= 0.6 is 0 Å². The zero-order valence-corrected chi connectivity index (χ0v) is 16.2. The molecule has 0 aliphatic heterocycles. The normalized spacial score (nSPS) is 23.2. The maximum atomic E-state index is 12.2. The number of carbonyl (C=O) groups excluding carboxylic acids is 1. The number of rotatable bonds is 3. The summed E-state index contributed by atoms with van der Waals surface area (Å²) in [5.41, 5.74) is 2.21. The number of aromatic nitrogens is 5. The highest BCUT2D eigenvalue weighted by Crippen LogP contribution is 2.42. The number of hydrogen-bond donors (Lipinski definition) is 2. The van der Waals surface area contributed by atoms with E-state index in [2.05, 4.69) is 36.8 Å². The molecular formula is C19H26N6O2. The molecule has 1 fully saturated rings. The first kappa shape index (κ1) is 17.8. The molecule has 0 aromatic carbocycles. The van der Waals surface area contributed by atoms with Crippen LogP contribution in [0.2, 0.25) is 0 Å². The number of nitrogens with zero attached hydrogens (tertiary/aromatic N) is 4. The minimum atomic E-state index is -0.355. The van der Waals surface area contributed by atoms with E-state index in [0.29, 0.717) is 5.92 Å². The van der Waals surface area contributed by atoms with Crippen molar-refractivity contribution in [2.24, 2.45) is 5.92 Å². The number of aromatic amines is 1. The molecule has 8 nitrogen and oxygen atoms in total. The second-order valence-corrected chi connectivity index (χ2v) is 8.37. The number of hydrogen-bond acceptors (Lipinski definition) is 5. The van der Waals surface area contributed by atoms with Crippen LogP contribution in [-0.4, -0.2) is 42.3 Å². The largest absolute Gasteiger partial charge is 0.446 e. The Labute approximate surface area is 157 Å². The molecule has 1 saturated carbocycles. The van der Waals surface area contributed by atoms with Crippen molar-refractivity contribution < 1.29 is 9.53 Å². The fourth-order valence-electron chi connectivity index (χ4n) is 4.06. The summed E-state index contributed by atoms with van der Waals surface area (Å²) in [7, 11) is 0. The third-order valence-corrected chi connectivity index (χ3v) is 5.23. The van der Waals surface area contributed by atoms with Gasteiger partial charge in [-0.1, -0.05) is 13.3 Å². The molecule has 0 radical (unpaired) electrons. The van der Waals surface area contributed by atoms with Gasteiger partial charge in [-0.15, -0.1) is 10.2 Å². The summed E-state index contributed by atoms with van der Waals surface area (Å²) in [5.74, 6) is 1.51. The van der Waals surface area contributed by atoms with Gasteiger partial charge in [-0.05, 0) is 45.6 Å². The number of alkyl carbamates (subject to hydrolysis) is 1. The van der Waals surface area contributed by atoms with E-state index in [1.807, 2.05) is 33.0 Å². The monoisotopic (exact) mass is 370 g/mol. The molecule has 0 saturated heterocycles. The van der Waals surface area contributed by atoms with E-state index >= 15 is 0 Å². The number of H-pyrrole nitrogens is 1. The van der Waals surface area contributed by atoms with Crippen LogP contribution in [0.3, 0.4) is 0 Å². The Kier molecular flexibility index (Phi) is 4.28. The topological polar surface area (TPSA) is 97.2 Å². The SMILES string of the molecule is CC[C@@H]1C[C@H](OC(=O)NC(C)(C)C)C[C@@H]1c1nnc2cnc3[nH]ccc3n12. The molecule has 0 unspecified atom stereocenters. The van der Waals surface area contributed by atoms with Crippen LogP contribution in [-0.2, 0) is 4.74 Å². The van der Waals surface area contributed by atoms with Crippen molar-refractivity contribution in [2.45, 2.75) is 64.5 Å². The van der Waals surface area contributed by atoms with Gasteiger partial charge in [0.2, 0.25) is 0 Å². The number of ether oxygens (including phenoxy) is 1. The highest BCUT2D eigenvalue weighted by Gasteiger charge is 2.39. The van der Waals surface area contributed by atoms with Gasteiger partial charge in [0.15, 0.2) is 11.3 Å². The maximum Gasteiger partial charge on any atom is 0.407 e. The lowest BCUT2D eigenvalue weighted by molar-refractivity contribution is 0.0918. The molecular weight excluding hydrogens is 344 g/mol. The standard InChI is InChI=1S/C19H26N6O2/c1-5-11-8-12(27-18(26)22-19(2,3)4)9-13(11)17-24-23-15-10-21-16-14(25(15)17)6-7-20-16/h6-7,10-13,20H,5,8-9H2,1-4H3,(H,22,26)/t11-,12+,13+/m1/s1. The molecule has 4 rings (SSSR count). The lowest BCUT2D eigenvalue weighted by atomic mass is 9.93. The number of fused-ring (bicyclic) bond motifs is 3. The van der Waals surface area contributed by atoms with Gasteiger partial charge in [-0.25, -0.2) is 9.78 Å². The minimum absolute atomic E-state index is 0.113. The Bertz CT molecular complexity index is 970. The van der Waals surface area contributed by atoms with Crippen LogP contribution in [0.25, 0.3) is 16.8 Å². The minimum Gasteiger partial charge on any atom is -0.446 e. The van der Waals surface area contributed by atoms with Gasteiger partial charge in [0.1, 0.15) is 11.9 Å². The smallest absolute Gasteiger partial charge is 0.407 e. The molecule has 1 amide bonds. The van der Waals surface area contributed by atoms with E-state index in [9.17, 15) is 4.79 Å². The van der Waals surface area contributed by atoms with Gasteiger partial charge in [0, 0.05) is 17.7 Å². The first-order chi connectivity index (χ1) is 12.9. The van der Waals surface area contributed by atoms with Crippen LogP contribution in [0.5, 0.6) is 0 Å². The predicted octanol–water partition coefficient (Wildman–Crippen LogP) is 3.40. The maximum absolute atomic E-state index is 12.2. The van der Waals surface area contributed by atoms with Crippen LogP contribution in [0.15, 0.2) is 18.5 Å². The number of nitrogens with one attached hydrogen (secondary N) is 2. The van der Waals surface area contributed by atoms with Gasteiger partial charge >= 0.3 is 6.09 Å². The lowest BCUT2D eigenvalue weighted by Gasteiger charge is -2.22. The average Bonchev–Trinajstić information content (AvgIpc) is 3.28. The van der Waals surface area contributed by atoms with Crippen molar-refractivity contribution in [1.29, 1.82) is 0 Å². The lowest BCUT2D eigenvalue weighted by Crippen LogP contribution is -2.42. The molecule has 1 aliphatic rings. The Morgan fingerprint density at radius 3 is 2.93 bits per heavy atom. The van der Waals surface area contributed by atoms with Gasteiger partial charge in [-0.2, -0.15) is 0 Å². The van der Waals surface area contributed by atoms with Crippen LogP contribution in [0, 0.1) is 5.92 Å². The Morgan fingerprint density at radius 2 is 2.19 bits per heavy atom. The third-order valence-electron chi connectivity index (χ3n) is 5.23. The molecule has 144 valence electrons. The van der Waals surface area contributed by atoms with E-state index in [4.69, 9.17) is 4.74 Å². The summed E-state index contributed by atoms with van der Waals surface area (Å²) in [6.45, 7) is 8.00. The summed E-state index contributed by atoms with van der Waals surface area (Å²) < 4.78 is 7.78. The summed E-state index contributed by atoms with van der Waals surface area (Å²) in [5, 5.41) is 11.7. The molecule has 3 aromatic heterocycles. The van der Waals surface area contributed by atoms with Crippen LogP contribution in [0.1, 0.15) is 58.7 Å². The molecule has 2 N–H and O–H groups in total. The Morgan fingerprint density at radius 1 is 1.37 bits per heavy atom. The zero-order valence-electron chi connectivity index (χ0n) is 16.2. The van der Waals surface area contributed by atoms with Crippen LogP contribution < -0.4 is 5.32 Å². The van der Waals surface area contributed by atoms with Crippen molar-refractivity contribution >= 4 is 22.9 Å². The fourth-order valence-corrected chi connectivity index (χ4v) is 4.06. The molecule has 0 spiro atoms. The van der Waals surface area contributed by atoms with Crippen LogP contribution in [0.4, 0.5) is 4.79 Å². The first-order valence-electron chi connectivity index (χ1n) is 9.51. The van der Waals surface area contributed by atoms with Crippen molar-refractivity contribution in [3.05, 3.63) is 24.3 Å². The average molecular weight is 370 g/mol. The molecule has 8 heteroatoms. The molecule has 3 atom stereocenters. The molecule has 3 heterocycles. The molecule has 1 aliphatic carbocycles. The van der Waals surface area contributed by atoms with Gasteiger partial charge < -0.3 is 15.0 Å². The van der Waals surface area contributed by atoms with Crippen molar-refractivity contribution in [1.82, 2.24) is 29.9 Å². The quantitative estimate of drug-likeness (QED) is 0.736. The van der Waals surface area contributed by atoms with E-state index in [1.165, 1.54) is 0 Å². The molecule has 3 aromatic rings. The summed E-state index contributed by atoms with van der Waals surface area (Å²) >= 11 is 0. The second-order valence-electron chi connectivity index (χ2n) is 8.37. The number of amides is 1. The van der Waals surface area contributed by atoms with E-state index < -0.39 is 0 Å². The van der Waals surface area contributed by atoms with Crippen molar-refractivity contribution in [2.75, 3.05) is 0 Å². The predicted molar refractivity (Wildman–Crippen MR) is 102 cm³/mol. The Balaban J connectivity index is 1.61. The van der Waals surface area contributed by atoms with Crippen molar-refractivity contribution in [3.8, 4) is 0 Å². The third kappa shape index (κ3) is 3.36. The summed E-state index contributed by atoms with van der Waals surface area (Å²) in [4.78, 5) is 19.7. The zero-order chi connectivity index (χ0) is 19.2. The number of carbonyl (C=O) groups is 1. The fraction of sp³-hybridized carbons (Fsp3) is 0.579. The first-order valence-corrected chi connectivity index (χ1v) is 9.51.